The molecule has 0 bridgehead atoms. The first-order valence-electron chi connectivity index (χ1n) is 9.02. The number of carbonyl (C=O) groups is 1. The van der Waals surface area contributed by atoms with Crippen LogP contribution in [0, 0.1) is 0 Å². The minimum absolute atomic E-state index is 0.173. The molecule has 146 valence electrons. The van der Waals surface area contributed by atoms with Crippen molar-refractivity contribution in [1.29, 1.82) is 0 Å². The van der Waals surface area contributed by atoms with E-state index in [1.165, 1.54) is 11.3 Å². The van der Waals surface area contributed by atoms with Crippen molar-refractivity contribution in [3.8, 4) is 11.5 Å². The van der Waals surface area contributed by atoms with E-state index in [1.54, 1.807) is 14.2 Å². The van der Waals surface area contributed by atoms with E-state index in [0.717, 1.165) is 18.4 Å². The van der Waals surface area contributed by atoms with Gasteiger partial charge in [0.1, 0.15) is 0 Å². The Kier molecular flexibility index (Phi) is 7.79. The number of methoxy groups -OCH3 is 2. The standard InChI is InChI=1S/C21H29N3O3/c1-24(2)18-10-7-16(8-11-18)6-5-13-22-21(25)23-15-17-9-12-19(26-3)20(14-17)27-4/h7-12,14H,5-6,13,15H2,1-4H3,(H2,22,23,25). The smallest absolute Gasteiger partial charge is 0.315 e. The second kappa shape index (κ2) is 10.3. The van der Waals surface area contributed by atoms with Gasteiger partial charge in [0.05, 0.1) is 14.2 Å². The number of amides is 2. The third-order valence-corrected chi connectivity index (χ3v) is 4.28. The Morgan fingerprint density at radius 1 is 0.926 bits per heavy atom. The summed E-state index contributed by atoms with van der Waals surface area (Å²) >= 11 is 0. The highest BCUT2D eigenvalue weighted by molar-refractivity contribution is 5.73. The van der Waals surface area contributed by atoms with E-state index in [1.807, 2.05) is 32.3 Å². The molecular weight excluding hydrogens is 342 g/mol. The van der Waals surface area contributed by atoms with E-state index in [4.69, 9.17) is 9.47 Å². The molecule has 0 unspecified atom stereocenters. The molecule has 0 aliphatic carbocycles. The van der Waals surface area contributed by atoms with Crippen molar-refractivity contribution in [3.05, 3.63) is 53.6 Å². The van der Waals surface area contributed by atoms with Crippen LogP contribution in [0.25, 0.3) is 0 Å². The summed E-state index contributed by atoms with van der Waals surface area (Å²) in [5.74, 6) is 1.32. The topological polar surface area (TPSA) is 62.8 Å². The quantitative estimate of drug-likeness (QED) is 0.665. The number of anilines is 1. The van der Waals surface area contributed by atoms with Gasteiger partial charge in [0.25, 0.3) is 0 Å². The molecular formula is C21H29N3O3. The lowest BCUT2D eigenvalue weighted by Gasteiger charge is -2.13. The SMILES string of the molecule is COc1ccc(CNC(=O)NCCCc2ccc(N(C)C)cc2)cc1OC. The van der Waals surface area contributed by atoms with Gasteiger partial charge in [-0.05, 0) is 48.2 Å². The molecule has 0 aromatic heterocycles. The molecule has 2 amide bonds. The van der Waals surface area contributed by atoms with Crippen molar-refractivity contribution in [2.45, 2.75) is 19.4 Å². The second-order valence-corrected chi connectivity index (χ2v) is 6.46. The molecule has 0 aliphatic rings. The number of nitrogens with zero attached hydrogens (tertiary/aromatic N) is 1. The van der Waals surface area contributed by atoms with Gasteiger partial charge in [-0.1, -0.05) is 18.2 Å². The molecule has 2 N–H and O–H groups in total. The van der Waals surface area contributed by atoms with Gasteiger partial charge in [-0.3, -0.25) is 0 Å². The Morgan fingerprint density at radius 2 is 1.59 bits per heavy atom. The largest absolute Gasteiger partial charge is 0.493 e. The van der Waals surface area contributed by atoms with Crippen LogP contribution >= 0.6 is 0 Å². The molecule has 2 aromatic carbocycles. The monoisotopic (exact) mass is 371 g/mol. The number of urea groups is 1. The number of hydrogen-bond donors (Lipinski definition) is 2. The Morgan fingerprint density at radius 3 is 2.22 bits per heavy atom. The van der Waals surface area contributed by atoms with Crippen LogP contribution in [-0.2, 0) is 13.0 Å². The van der Waals surface area contributed by atoms with Crippen LogP contribution in [0.5, 0.6) is 11.5 Å². The molecule has 0 fully saturated rings. The molecule has 6 heteroatoms. The van der Waals surface area contributed by atoms with Crippen molar-refractivity contribution in [3.63, 3.8) is 0 Å². The first-order valence-corrected chi connectivity index (χ1v) is 9.02. The summed E-state index contributed by atoms with van der Waals surface area (Å²) in [6, 6.07) is 13.9. The van der Waals surface area contributed by atoms with Crippen molar-refractivity contribution >= 4 is 11.7 Å². The van der Waals surface area contributed by atoms with E-state index in [2.05, 4.69) is 39.8 Å². The van der Waals surface area contributed by atoms with Crippen molar-refractivity contribution in [2.24, 2.45) is 0 Å². The molecule has 2 rings (SSSR count). The van der Waals surface area contributed by atoms with Gasteiger partial charge in [0.2, 0.25) is 0 Å². The van der Waals surface area contributed by atoms with Gasteiger partial charge >= 0.3 is 6.03 Å². The van der Waals surface area contributed by atoms with E-state index < -0.39 is 0 Å². The van der Waals surface area contributed by atoms with Gasteiger partial charge in [-0.2, -0.15) is 0 Å². The summed E-state index contributed by atoms with van der Waals surface area (Å²) in [5, 5.41) is 5.74. The summed E-state index contributed by atoms with van der Waals surface area (Å²) < 4.78 is 10.5. The Balaban J connectivity index is 1.69. The number of benzene rings is 2. The van der Waals surface area contributed by atoms with Gasteiger partial charge in [-0.15, -0.1) is 0 Å². The minimum atomic E-state index is -0.173. The summed E-state index contributed by atoms with van der Waals surface area (Å²) in [4.78, 5) is 14.0. The third-order valence-electron chi connectivity index (χ3n) is 4.28. The van der Waals surface area contributed by atoms with Gasteiger partial charge in [0, 0.05) is 32.9 Å². The van der Waals surface area contributed by atoms with Crippen LogP contribution < -0.4 is 25.0 Å². The number of nitrogens with one attached hydrogen (secondary N) is 2. The maximum absolute atomic E-state index is 11.9. The molecule has 0 aliphatic heterocycles. The summed E-state index contributed by atoms with van der Waals surface area (Å²) in [5.41, 5.74) is 3.41. The highest BCUT2D eigenvalue weighted by Gasteiger charge is 2.06. The zero-order chi connectivity index (χ0) is 19.6. The molecule has 6 nitrogen and oxygen atoms in total. The van der Waals surface area contributed by atoms with Crippen LogP contribution in [-0.4, -0.2) is 40.9 Å². The summed E-state index contributed by atoms with van der Waals surface area (Å²) in [7, 11) is 7.24. The van der Waals surface area contributed by atoms with E-state index in [0.29, 0.717) is 24.6 Å². The predicted octanol–water partition coefficient (Wildman–Crippen LogP) is 3.20. The molecule has 0 atom stereocenters. The lowest BCUT2D eigenvalue weighted by molar-refractivity contribution is 0.240. The molecule has 0 spiro atoms. The normalized spacial score (nSPS) is 10.2. The molecule has 0 saturated carbocycles. The average Bonchev–Trinajstić information content (AvgIpc) is 2.69. The fourth-order valence-electron chi connectivity index (χ4n) is 2.69. The van der Waals surface area contributed by atoms with E-state index in [9.17, 15) is 4.79 Å². The number of rotatable bonds is 9. The van der Waals surface area contributed by atoms with Crippen molar-refractivity contribution in [2.75, 3.05) is 39.8 Å². The molecule has 27 heavy (non-hydrogen) atoms. The van der Waals surface area contributed by atoms with Crippen LogP contribution in [0.15, 0.2) is 42.5 Å². The second-order valence-electron chi connectivity index (χ2n) is 6.46. The highest BCUT2D eigenvalue weighted by Crippen LogP contribution is 2.27. The predicted molar refractivity (Wildman–Crippen MR) is 109 cm³/mol. The van der Waals surface area contributed by atoms with Gasteiger partial charge in [0.15, 0.2) is 11.5 Å². The zero-order valence-corrected chi connectivity index (χ0v) is 16.5. The highest BCUT2D eigenvalue weighted by atomic mass is 16.5. The van der Waals surface area contributed by atoms with Crippen LogP contribution in [0.2, 0.25) is 0 Å². The number of aryl methyl sites for hydroxylation is 1. The number of hydrogen-bond acceptors (Lipinski definition) is 4. The lowest BCUT2D eigenvalue weighted by atomic mass is 10.1. The Labute approximate surface area is 161 Å². The Bertz CT molecular complexity index is 730. The zero-order valence-electron chi connectivity index (χ0n) is 16.5. The van der Waals surface area contributed by atoms with E-state index in [-0.39, 0.29) is 6.03 Å². The maximum atomic E-state index is 11.9. The van der Waals surface area contributed by atoms with Crippen LogP contribution in [0.4, 0.5) is 10.5 Å². The molecule has 0 saturated heterocycles. The average molecular weight is 371 g/mol. The first kappa shape index (κ1) is 20.4. The third kappa shape index (κ3) is 6.40. The first-order chi connectivity index (χ1) is 13.0. The number of carbonyl (C=O) groups excluding carboxylic acids is 1. The summed E-state index contributed by atoms with van der Waals surface area (Å²) in [6.07, 6.45) is 1.83. The minimum Gasteiger partial charge on any atom is -0.493 e. The van der Waals surface area contributed by atoms with Crippen LogP contribution in [0.1, 0.15) is 17.5 Å². The fraction of sp³-hybridized carbons (Fsp3) is 0.381. The van der Waals surface area contributed by atoms with E-state index >= 15 is 0 Å². The fourth-order valence-corrected chi connectivity index (χ4v) is 2.69. The Hall–Kier alpha value is -2.89. The lowest BCUT2D eigenvalue weighted by Crippen LogP contribution is -2.35. The molecule has 0 heterocycles. The maximum Gasteiger partial charge on any atom is 0.315 e. The number of ether oxygens (including phenoxy) is 2. The molecule has 0 radical (unpaired) electrons. The van der Waals surface area contributed by atoms with Gasteiger partial charge < -0.3 is 25.0 Å². The van der Waals surface area contributed by atoms with Crippen LogP contribution in [0.3, 0.4) is 0 Å². The molecule has 2 aromatic rings. The van der Waals surface area contributed by atoms with Crippen molar-refractivity contribution in [1.82, 2.24) is 10.6 Å². The van der Waals surface area contributed by atoms with Gasteiger partial charge in [-0.25, -0.2) is 4.79 Å². The van der Waals surface area contributed by atoms with Crippen molar-refractivity contribution < 1.29 is 14.3 Å². The summed E-state index contributed by atoms with van der Waals surface area (Å²) in [6.45, 7) is 1.06.